The van der Waals surface area contributed by atoms with Gasteiger partial charge in [-0.15, -0.1) is 11.3 Å². The van der Waals surface area contributed by atoms with E-state index in [1.165, 1.54) is 29.8 Å². The van der Waals surface area contributed by atoms with Crippen molar-refractivity contribution in [2.45, 2.75) is 19.4 Å². The molecule has 0 radical (unpaired) electrons. The van der Waals surface area contributed by atoms with Gasteiger partial charge in [0.1, 0.15) is 24.5 Å². The van der Waals surface area contributed by atoms with Gasteiger partial charge < -0.3 is 20.3 Å². The molecule has 4 aromatic rings. The van der Waals surface area contributed by atoms with Gasteiger partial charge in [0.25, 0.3) is 0 Å². The van der Waals surface area contributed by atoms with Crippen molar-refractivity contribution in [3.63, 3.8) is 0 Å². The van der Waals surface area contributed by atoms with Crippen molar-refractivity contribution in [3.8, 4) is 17.6 Å². The third kappa shape index (κ3) is 7.89. The maximum absolute atomic E-state index is 13.4. The molecule has 0 aliphatic rings. The molecular formula is C28H27ClFN5O2S. The number of carbonyl (C=O) groups excluding carboxylic acids is 1. The minimum absolute atomic E-state index is 0.00103. The summed E-state index contributed by atoms with van der Waals surface area (Å²) >= 11 is 7.91. The van der Waals surface area contributed by atoms with Crippen molar-refractivity contribution < 1.29 is 13.9 Å². The van der Waals surface area contributed by atoms with E-state index in [1.54, 1.807) is 24.3 Å². The van der Waals surface area contributed by atoms with E-state index in [1.807, 2.05) is 31.1 Å². The quantitative estimate of drug-likeness (QED) is 0.249. The molecule has 0 atom stereocenters. The minimum atomic E-state index is -0.311. The van der Waals surface area contributed by atoms with Gasteiger partial charge in [0.2, 0.25) is 5.91 Å². The second kappa shape index (κ2) is 13.2. The lowest BCUT2D eigenvalue weighted by Gasteiger charge is -2.11. The van der Waals surface area contributed by atoms with E-state index in [0.717, 1.165) is 27.3 Å². The Morgan fingerprint density at radius 2 is 2.05 bits per heavy atom. The largest absolute Gasteiger partial charge is 0.487 e. The summed E-state index contributed by atoms with van der Waals surface area (Å²) in [5.74, 6) is 7.02. The van der Waals surface area contributed by atoms with Gasteiger partial charge in [-0.25, -0.2) is 14.4 Å². The molecule has 2 heterocycles. The van der Waals surface area contributed by atoms with E-state index in [4.69, 9.17) is 16.3 Å². The SMILES string of the molecule is CN(C)CCNC(=O)CCC#Cc1cc2ncnc(Nc3ccc(OCc4cccc(F)c4)c(Cl)c3)c2s1. The third-order valence-corrected chi connectivity index (χ3v) is 6.70. The number of hydrogen-bond donors (Lipinski definition) is 2. The van der Waals surface area contributed by atoms with Crippen LogP contribution < -0.4 is 15.4 Å². The molecule has 0 aliphatic carbocycles. The van der Waals surface area contributed by atoms with E-state index < -0.39 is 0 Å². The first-order chi connectivity index (χ1) is 18.4. The number of rotatable bonds is 10. The fourth-order valence-electron chi connectivity index (χ4n) is 3.46. The van der Waals surface area contributed by atoms with Crippen LogP contribution in [0.25, 0.3) is 10.2 Å². The first-order valence-electron chi connectivity index (χ1n) is 12.0. The number of hydrogen-bond acceptors (Lipinski definition) is 7. The second-order valence-electron chi connectivity index (χ2n) is 8.69. The first-order valence-corrected chi connectivity index (χ1v) is 13.2. The third-order valence-electron chi connectivity index (χ3n) is 5.36. The van der Waals surface area contributed by atoms with Gasteiger partial charge >= 0.3 is 0 Å². The molecule has 2 aromatic heterocycles. The normalized spacial score (nSPS) is 10.8. The van der Waals surface area contributed by atoms with E-state index in [0.29, 0.717) is 41.5 Å². The highest BCUT2D eigenvalue weighted by molar-refractivity contribution is 7.20. The van der Waals surface area contributed by atoms with Crippen molar-refractivity contribution in [1.29, 1.82) is 0 Å². The molecule has 4 rings (SSSR count). The molecule has 0 saturated carbocycles. The number of fused-ring (bicyclic) bond motifs is 1. The van der Waals surface area contributed by atoms with Crippen LogP contribution in [0.1, 0.15) is 23.3 Å². The topological polar surface area (TPSA) is 79.4 Å². The molecule has 38 heavy (non-hydrogen) atoms. The van der Waals surface area contributed by atoms with Crippen LogP contribution in [0.5, 0.6) is 5.75 Å². The summed E-state index contributed by atoms with van der Waals surface area (Å²) in [6.45, 7) is 1.63. The zero-order valence-electron chi connectivity index (χ0n) is 21.1. The summed E-state index contributed by atoms with van der Waals surface area (Å²) in [4.78, 5) is 23.5. The van der Waals surface area contributed by atoms with Crippen molar-refractivity contribution in [3.05, 3.63) is 76.1 Å². The number of thiophene rings is 1. The van der Waals surface area contributed by atoms with Gasteiger partial charge in [0.05, 0.1) is 20.1 Å². The molecule has 0 bridgehead atoms. The van der Waals surface area contributed by atoms with Crippen LogP contribution in [0.2, 0.25) is 5.02 Å². The Bertz CT molecular complexity index is 1480. The Hall–Kier alpha value is -3.71. The average Bonchev–Trinajstić information content (AvgIpc) is 3.30. The smallest absolute Gasteiger partial charge is 0.221 e. The fraction of sp³-hybridized carbons (Fsp3) is 0.250. The Balaban J connectivity index is 1.37. The van der Waals surface area contributed by atoms with Crippen LogP contribution in [0.4, 0.5) is 15.9 Å². The van der Waals surface area contributed by atoms with E-state index in [2.05, 4.69) is 32.4 Å². The Morgan fingerprint density at radius 3 is 2.84 bits per heavy atom. The predicted molar refractivity (Wildman–Crippen MR) is 151 cm³/mol. The minimum Gasteiger partial charge on any atom is -0.487 e. The number of halogens is 2. The summed E-state index contributed by atoms with van der Waals surface area (Å²) in [5, 5.41) is 6.59. The summed E-state index contributed by atoms with van der Waals surface area (Å²) < 4.78 is 20.0. The molecule has 7 nitrogen and oxygen atoms in total. The summed E-state index contributed by atoms with van der Waals surface area (Å²) in [7, 11) is 3.93. The van der Waals surface area contributed by atoms with Gasteiger partial charge in [-0.3, -0.25) is 4.79 Å². The van der Waals surface area contributed by atoms with Crippen LogP contribution in [-0.2, 0) is 11.4 Å². The van der Waals surface area contributed by atoms with Crippen molar-refractivity contribution in [1.82, 2.24) is 20.2 Å². The van der Waals surface area contributed by atoms with Crippen LogP contribution >= 0.6 is 22.9 Å². The Labute approximate surface area is 230 Å². The molecule has 196 valence electrons. The molecule has 0 fully saturated rings. The highest BCUT2D eigenvalue weighted by Crippen LogP contribution is 2.33. The molecule has 0 unspecified atom stereocenters. The van der Waals surface area contributed by atoms with Gasteiger partial charge in [0, 0.05) is 31.6 Å². The zero-order valence-corrected chi connectivity index (χ0v) is 22.6. The van der Waals surface area contributed by atoms with Crippen LogP contribution in [0.15, 0.2) is 54.9 Å². The van der Waals surface area contributed by atoms with Crippen LogP contribution in [0, 0.1) is 17.7 Å². The van der Waals surface area contributed by atoms with E-state index in [9.17, 15) is 9.18 Å². The highest BCUT2D eigenvalue weighted by atomic mass is 35.5. The van der Waals surface area contributed by atoms with Crippen LogP contribution in [0.3, 0.4) is 0 Å². The summed E-state index contributed by atoms with van der Waals surface area (Å²) in [6.07, 6.45) is 2.33. The number of amides is 1. The average molecular weight is 552 g/mol. The van der Waals surface area contributed by atoms with E-state index in [-0.39, 0.29) is 18.3 Å². The Kier molecular flexibility index (Phi) is 9.49. The van der Waals surface area contributed by atoms with Gasteiger partial charge in [-0.05, 0) is 56.1 Å². The lowest BCUT2D eigenvalue weighted by molar-refractivity contribution is -0.121. The molecule has 0 aliphatic heterocycles. The number of aromatic nitrogens is 2. The number of nitrogens with zero attached hydrogens (tertiary/aromatic N) is 3. The number of anilines is 2. The second-order valence-corrected chi connectivity index (χ2v) is 10.2. The molecule has 2 aromatic carbocycles. The fourth-order valence-corrected chi connectivity index (χ4v) is 4.62. The summed E-state index contributed by atoms with van der Waals surface area (Å²) in [5.41, 5.74) is 2.22. The number of ether oxygens (including phenoxy) is 1. The maximum Gasteiger partial charge on any atom is 0.221 e. The van der Waals surface area contributed by atoms with Crippen molar-refractivity contribution in [2.24, 2.45) is 0 Å². The maximum atomic E-state index is 13.4. The molecule has 0 saturated heterocycles. The van der Waals surface area contributed by atoms with Gasteiger partial charge in [-0.2, -0.15) is 0 Å². The van der Waals surface area contributed by atoms with Crippen molar-refractivity contribution >= 4 is 50.6 Å². The molecule has 0 spiro atoms. The number of benzene rings is 2. The molecule has 10 heteroatoms. The van der Waals surface area contributed by atoms with Gasteiger partial charge in [-0.1, -0.05) is 35.6 Å². The lowest BCUT2D eigenvalue weighted by atomic mass is 10.2. The zero-order chi connectivity index (χ0) is 26.9. The number of nitrogens with one attached hydrogen (secondary N) is 2. The highest BCUT2D eigenvalue weighted by Gasteiger charge is 2.10. The van der Waals surface area contributed by atoms with Crippen LogP contribution in [-0.4, -0.2) is 48.0 Å². The molecule has 2 N–H and O–H groups in total. The van der Waals surface area contributed by atoms with Gasteiger partial charge in [0.15, 0.2) is 5.82 Å². The molecule has 1 amide bonds. The summed E-state index contributed by atoms with van der Waals surface area (Å²) in [6, 6.07) is 13.5. The van der Waals surface area contributed by atoms with E-state index >= 15 is 0 Å². The number of likely N-dealkylation sites (N-methyl/N-ethyl adjacent to an activating group) is 1. The monoisotopic (exact) mass is 551 g/mol. The first kappa shape index (κ1) is 27.3. The molecular weight excluding hydrogens is 525 g/mol. The predicted octanol–water partition coefficient (Wildman–Crippen LogP) is 5.62. The standard InChI is InChI=1S/C28H27ClFN5O2S/c1-35(2)13-12-31-26(36)9-4-3-8-22-16-24-27(38-22)28(33-18-32-24)34-21-10-11-25(23(29)15-21)37-17-19-6-5-7-20(30)14-19/h5-7,10-11,14-16,18H,4,9,12-13,17H2,1-2H3,(H,31,36)(H,32,33,34). The van der Waals surface area contributed by atoms with Crippen molar-refractivity contribution in [2.75, 3.05) is 32.5 Å². The number of carbonyl (C=O) groups is 1. The lowest BCUT2D eigenvalue weighted by Crippen LogP contribution is -2.31. The Morgan fingerprint density at radius 1 is 1.18 bits per heavy atom.